The fraction of sp³-hybridized carbons (Fsp3) is 0.647. The van der Waals surface area contributed by atoms with Crippen molar-refractivity contribution in [2.75, 3.05) is 0 Å². The normalized spacial score (nSPS) is 13.2. The topological polar surface area (TPSA) is 18.5 Å². The number of hydrogen-bond acceptors (Lipinski definition) is 2. The van der Waals surface area contributed by atoms with Gasteiger partial charge < -0.3 is 9.31 Å². The first kappa shape index (κ1) is 31.3. The zero-order chi connectivity index (χ0) is 28.7. The highest BCUT2D eigenvalue weighted by molar-refractivity contribution is 6.46. The lowest BCUT2D eigenvalue weighted by molar-refractivity contribution is 0.378. The Hall–Kier alpha value is -1.90. The highest BCUT2D eigenvalue weighted by atomic mass is 16.6. The summed E-state index contributed by atoms with van der Waals surface area (Å²) in [5.41, 5.74) is 7.29. The van der Waals surface area contributed by atoms with Crippen LogP contribution in [0.5, 0.6) is 11.5 Å². The molecule has 2 nitrogen and oxygen atoms in total. The van der Waals surface area contributed by atoms with E-state index in [1.54, 1.807) is 0 Å². The summed E-state index contributed by atoms with van der Waals surface area (Å²) in [6.07, 6.45) is 0.808. The maximum Gasteiger partial charge on any atom is 0.594 e. The van der Waals surface area contributed by atoms with Gasteiger partial charge in [0, 0.05) is 6.32 Å². The lowest BCUT2D eigenvalue weighted by Crippen LogP contribution is -2.35. The van der Waals surface area contributed by atoms with Gasteiger partial charge in [0.05, 0.1) is 0 Å². The van der Waals surface area contributed by atoms with Crippen LogP contribution in [0.25, 0.3) is 0 Å². The van der Waals surface area contributed by atoms with E-state index >= 15 is 0 Å². The number of aryl methyl sites for hydroxylation is 2. The molecular weight excluding hydrogens is 451 g/mol. The highest BCUT2D eigenvalue weighted by Crippen LogP contribution is 2.44. The van der Waals surface area contributed by atoms with Gasteiger partial charge in [-0.3, -0.25) is 0 Å². The zero-order valence-electron chi connectivity index (χ0n) is 27.0. The van der Waals surface area contributed by atoms with Crippen LogP contribution in [0.1, 0.15) is 130 Å². The van der Waals surface area contributed by atoms with E-state index in [0.717, 1.165) is 17.8 Å². The molecule has 0 amide bonds. The first-order valence-electron chi connectivity index (χ1n) is 14.2. The molecule has 0 atom stereocenters. The molecule has 2 rings (SSSR count). The highest BCUT2D eigenvalue weighted by Gasteiger charge is 2.35. The van der Waals surface area contributed by atoms with E-state index in [0.29, 0.717) is 5.92 Å². The van der Waals surface area contributed by atoms with Crippen LogP contribution in [0.3, 0.4) is 0 Å². The molecule has 0 aliphatic carbocycles. The molecule has 0 fully saturated rings. The average molecular weight is 507 g/mol. The molecule has 2 aromatic carbocycles. The summed E-state index contributed by atoms with van der Waals surface area (Å²) >= 11 is 0. The molecule has 0 N–H and O–H groups in total. The quantitative estimate of drug-likeness (QED) is 0.363. The van der Waals surface area contributed by atoms with Crippen molar-refractivity contribution < 1.29 is 9.31 Å². The van der Waals surface area contributed by atoms with Crippen LogP contribution < -0.4 is 9.31 Å². The summed E-state index contributed by atoms with van der Waals surface area (Å²) < 4.78 is 14.1. The second-order valence-electron chi connectivity index (χ2n) is 15.7. The minimum Gasteiger partial charge on any atom is -0.525 e. The van der Waals surface area contributed by atoms with Gasteiger partial charge in [-0.1, -0.05) is 132 Å². The molecule has 37 heavy (non-hydrogen) atoms. The lowest BCUT2D eigenvalue weighted by Gasteiger charge is -2.34. The van der Waals surface area contributed by atoms with Crippen molar-refractivity contribution in [1.82, 2.24) is 0 Å². The molecule has 0 saturated carbocycles. The van der Waals surface area contributed by atoms with Gasteiger partial charge in [-0.2, -0.15) is 0 Å². The summed E-state index contributed by atoms with van der Waals surface area (Å²) in [5.74, 6) is 2.39. The molecule has 0 saturated heterocycles. The van der Waals surface area contributed by atoms with E-state index in [2.05, 4.69) is 135 Å². The van der Waals surface area contributed by atoms with Crippen molar-refractivity contribution in [3.63, 3.8) is 0 Å². The fourth-order valence-corrected chi connectivity index (χ4v) is 4.80. The fourth-order valence-electron chi connectivity index (χ4n) is 4.80. The summed E-state index contributed by atoms with van der Waals surface area (Å²) in [6, 6.07) is 9.18. The largest absolute Gasteiger partial charge is 0.594 e. The molecule has 0 bridgehead atoms. The van der Waals surface area contributed by atoms with Crippen molar-refractivity contribution in [2.24, 2.45) is 5.92 Å². The van der Waals surface area contributed by atoms with Gasteiger partial charge in [-0.25, -0.2) is 0 Å². The average Bonchev–Trinajstić information content (AvgIpc) is 2.66. The predicted octanol–water partition coefficient (Wildman–Crippen LogP) is 10.1. The van der Waals surface area contributed by atoms with E-state index in [1.807, 2.05) is 0 Å². The Morgan fingerprint density at radius 2 is 0.784 bits per heavy atom. The van der Waals surface area contributed by atoms with Crippen molar-refractivity contribution in [3.05, 3.63) is 57.6 Å². The third-order valence-corrected chi connectivity index (χ3v) is 6.86. The van der Waals surface area contributed by atoms with Crippen LogP contribution in [0.2, 0.25) is 6.32 Å². The molecule has 206 valence electrons. The Kier molecular flexibility index (Phi) is 9.06. The Morgan fingerprint density at radius 3 is 0.973 bits per heavy atom. The third-order valence-electron chi connectivity index (χ3n) is 6.86. The Morgan fingerprint density at radius 1 is 0.541 bits per heavy atom. The Bertz CT molecular complexity index is 929. The van der Waals surface area contributed by atoms with Crippen molar-refractivity contribution >= 4 is 7.12 Å². The smallest absolute Gasteiger partial charge is 0.525 e. The van der Waals surface area contributed by atoms with Crippen molar-refractivity contribution in [2.45, 2.75) is 139 Å². The van der Waals surface area contributed by atoms with E-state index in [-0.39, 0.29) is 21.7 Å². The van der Waals surface area contributed by atoms with Crippen molar-refractivity contribution in [3.8, 4) is 11.5 Å². The summed E-state index contributed by atoms with van der Waals surface area (Å²) in [5, 5.41) is 0. The second-order valence-corrected chi connectivity index (χ2v) is 15.7. The molecule has 3 heteroatoms. The lowest BCUT2D eigenvalue weighted by atomic mass is 9.74. The molecule has 0 aliphatic rings. The number of benzene rings is 2. The minimum atomic E-state index is -0.394. The molecular formula is C34H55BO2. The monoisotopic (exact) mass is 506 g/mol. The van der Waals surface area contributed by atoms with Crippen LogP contribution >= 0.6 is 0 Å². The van der Waals surface area contributed by atoms with Gasteiger partial charge in [0.1, 0.15) is 11.5 Å². The standard InChI is InChI=1S/C34H55BO2/c1-22(2)21-35(36-29-25(31(5,6)7)17-23(3)18-26(29)32(8,9)10)37-30-27(33(11,12)13)19-24(4)20-28(30)34(14,15)16/h17-20,22H,21H2,1-16H3. The summed E-state index contributed by atoms with van der Waals surface area (Å²) in [4.78, 5) is 0. The molecule has 0 radical (unpaired) electrons. The van der Waals surface area contributed by atoms with Crippen LogP contribution in [-0.2, 0) is 21.7 Å². The summed E-state index contributed by atoms with van der Waals surface area (Å²) in [6.45, 7) is 36.1. The van der Waals surface area contributed by atoms with Gasteiger partial charge in [-0.05, 0) is 63.7 Å². The maximum atomic E-state index is 7.04. The zero-order valence-corrected chi connectivity index (χ0v) is 27.0. The second kappa shape index (κ2) is 10.7. The van der Waals surface area contributed by atoms with Gasteiger partial charge >= 0.3 is 7.12 Å². The van der Waals surface area contributed by atoms with Crippen LogP contribution in [-0.4, -0.2) is 7.12 Å². The first-order valence-corrected chi connectivity index (χ1v) is 14.2. The van der Waals surface area contributed by atoms with Crippen LogP contribution in [0.15, 0.2) is 24.3 Å². The van der Waals surface area contributed by atoms with Gasteiger partial charge in [-0.15, -0.1) is 0 Å². The first-order chi connectivity index (χ1) is 16.5. The number of rotatable bonds is 6. The molecule has 0 spiro atoms. The minimum absolute atomic E-state index is 0.0548. The predicted molar refractivity (Wildman–Crippen MR) is 164 cm³/mol. The summed E-state index contributed by atoms with van der Waals surface area (Å²) in [7, 11) is -0.394. The van der Waals surface area contributed by atoms with E-state index in [1.165, 1.54) is 33.4 Å². The van der Waals surface area contributed by atoms with Gasteiger partial charge in [0.25, 0.3) is 0 Å². The third kappa shape index (κ3) is 8.04. The van der Waals surface area contributed by atoms with E-state index in [9.17, 15) is 0 Å². The molecule has 2 aromatic rings. The molecule has 0 aliphatic heterocycles. The van der Waals surface area contributed by atoms with Gasteiger partial charge in [0.15, 0.2) is 0 Å². The molecule has 0 heterocycles. The van der Waals surface area contributed by atoms with E-state index < -0.39 is 7.12 Å². The SMILES string of the molecule is Cc1cc(C(C)(C)C)c(OB(CC(C)C)Oc2c(C(C)(C)C)cc(C)cc2C(C)(C)C)c(C(C)(C)C)c1. The Labute approximate surface area is 230 Å². The van der Waals surface area contributed by atoms with E-state index in [4.69, 9.17) is 9.31 Å². The van der Waals surface area contributed by atoms with Crippen LogP contribution in [0, 0.1) is 19.8 Å². The van der Waals surface area contributed by atoms with Crippen LogP contribution in [0.4, 0.5) is 0 Å². The molecule has 0 aromatic heterocycles. The molecule has 0 unspecified atom stereocenters. The number of hydrogen-bond donors (Lipinski definition) is 0. The van der Waals surface area contributed by atoms with Crippen molar-refractivity contribution in [1.29, 1.82) is 0 Å². The Balaban J connectivity index is 2.80. The van der Waals surface area contributed by atoms with Gasteiger partial charge in [0.2, 0.25) is 0 Å². The maximum absolute atomic E-state index is 7.04.